The van der Waals surface area contributed by atoms with E-state index < -0.39 is 0 Å². The molecule has 1 aliphatic carbocycles. The molecule has 2 fully saturated rings. The summed E-state index contributed by atoms with van der Waals surface area (Å²) < 4.78 is 0. The molecule has 1 aliphatic heterocycles. The Morgan fingerprint density at radius 3 is 2.88 bits per heavy atom. The smallest absolute Gasteiger partial charge is 0.220 e. The van der Waals surface area contributed by atoms with Gasteiger partial charge in [-0.2, -0.15) is 0 Å². The molecule has 4 nitrogen and oxygen atoms in total. The first-order valence-corrected chi connectivity index (χ1v) is 9.97. The van der Waals surface area contributed by atoms with E-state index in [1.165, 1.54) is 37.8 Å². The van der Waals surface area contributed by atoms with Gasteiger partial charge in [0.15, 0.2) is 0 Å². The van der Waals surface area contributed by atoms with E-state index in [0.717, 1.165) is 31.2 Å². The van der Waals surface area contributed by atoms with Crippen LogP contribution in [0, 0.1) is 17.8 Å². The van der Waals surface area contributed by atoms with E-state index in [-0.39, 0.29) is 11.9 Å². The van der Waals surface area contributed by atoms with Crippen molar-refractivity contribution in [1.82, 2.24) is 10.6 Å². The van der Waals surface area contributed by atoms with Crippen LogP contribution in [0.5, 0.6) is 0 Å². The van der Waals surface area contributed by atoms with Gasteiger partial charge in [0.25, 0.3) is 0 Å². The number of nitrogens with one attached hydrogen (secondary N) is 2. The molecule has 25 heavy (non-hydrogen) atoms. The van der Waals surface area contributed by atoms with E-state index in [0.29, 0.717) is 18.9 Å². The first-order valence-electron chi connectivity index (χ1n) is 9.97. The normalized spacial score (nSPS) is 27.3. The highest BCUT2D eigenvalue weighted by Crippen LogP contribution is 2.38. The molecule has 1 aromatic rings. The first-order chi connectivity index (χ1) is 12.2. The second-order valence-electron chi connectivity index (χ2n) is 7.98. The van der Waals surface area contributed by atoms with E-state index in [9.17, 15) is 4.79 Å². The van der Waals surface area contributed by atoms with E-state index >= 15 is 0 Å². The molecule has 4 atom stereocenters. The van der Waals surface area contributed by atoms with Crippen molar-refractivity contribution in [2.45, 2.75) is 51.0 Å². The summed E-state index contributed by atoms with van der Waals surface area (Å²) in [6.45, 7) is 3.03. The van der Waals surface area contributed by atoms with Crippen molar-refractivity contribution in [2.24, 2.45) is 23.5 Å². The van der Waals surface area contributed by atoms with E-state index in [4.69, 9.17) is 5.73 Å². The molecule has 4 heteroatoms. The number of benzene rings is 1. The van der Waals surface area contributed by atoms with Crippen LogP contribution >= 0.6 is 0 Å². The van der Waals surface area contributed by atoms with E-state index in [1.807, 2.05) is 18.2 Å². The van der Waals surface area contributed by atoms with Crippen LogP contribution in [0.25, 0.3) is 0 Å². The number of piperidine rings is 1. The lowest BCUT2D eigenvalue weighted by Gasteiger charge is -2.39. The largest absolute Gasteiger partial charge is 0.356 e. The Hall–Kier alpha value is -1.39. The maximum Gasteiger partial charge on any atom is 0.220 e. The third kappa shape index (κ3) is 5.82. The summed E-state index contributed by atoms with van der Waals surface area (Å²) in [5.74, 6) is 2.48. The quantitative estimate of drug-likeness (QED) is 0.712. The summed E-state index contributed by atoms with van der Waals surface area (Å²) in [5, 5.41) is 6.59. The molecule has 1 saturated carbocycles. The van der Waals surface area contributed by atoms with Crippen molar-refractivity contribution >= 4 is 5.91 Å². The number of nitrogens with two attached hydrogens (primary N) is 1. The van der Waals surface area contributed by atoms with Gasteiger partial charge >= 0.3 is 0 Å². The van der Waals surface area contributed by atoms with E-state index in [2.05, 4.69) is 22.8 Å². The van der Waals surface area contributed by atoms with Crippen LogP contribution in [0.4, 0.5) is 0 Å². The second kappa shape index (κ2) is 9.35. The summed E-state index contributed by atoms with van der Waals surface area (Å²) in [6.07, 6.45) is 7.44. The van der Waals surface area contributed by atoms with Gasteiger partial charge in [0.05, 0.1) is 0 Å². The summed E-state index contributed by atoms with van der Waals surface area (Å²) in [7, 11) is 0. The standard InChI is InChI=1S/C21H33N3O/c22-20(13-16-4-2-1-3-5-16)9-11-24-21(25)14-17-6-7-19-15-23-10-8-18(19)12-17/h1-5,17-20,23H,6-15,22H2,(H,24,25). The molecule has 0 radical (unpaired) electrons. The Labute approximate surface area is 151 Å². The van der Waals surface area contributed by atoms with Crippen molar-refractivity contribution in [1.29, 1.82) is 0 Å². The molecule has 0 spiro atoms. The number of carbonyl (C=O) groups is 1. The minimum absolute atomic E-state index is 0.105. The number of hydrogen-bond acceptors (Lipinski definition) is 3. The van der Waals surface area contributed by atoms with Gasteiger partial charge in [-0.15, -0.1) is 0 Å². The van der Waals surface area contributed by atoms with Crippen LogP contribution in [0.2, 0.25) is 0 Å². The highest BCUT2D eigenvalue weighted by molar-refractivity contribution is 5.76. The number of hydrogen-bond donors (Lipinski definition) is 3. The Kier molecular flexibility index (Phi) is 6.88. The monoisotopic (exact) mass is 343 g/mol. The van der Waals surface area contributed by atoms with Gasteiger partial charge in [-0.3, -0.25) is 4.79 Å². The fourth-order valence-corrected chi connectivity index (χ4v) is 4.56. The SMILES string of the molecule is NC(CCNC(=O)CC1CCC2CNCCC2C1)Cc1ccccc1. The van der Waals surface area contributed by atoms with E-state index in [1.54, 1.807) is 0 Å². The highest BCUT2D eigenvalue weighted by Gasteiger charge is 2.32. The first kappa shape index (κ1) is 18.4. The van der Waals surface area contributed by atoms with Crippen LogP contribution in [0.15, 0.2) is 30.3 Å². The van der Waals surface area contributed by atoms with Gasteiger partial charge in [0.2, 0.25) is 5.91 Å². The Morgan fingerprint density at radius 2 is 2.04 bits per heavy atom. The zero-order valence-corrected chi connectivity index (χ0v) is 15.3. The van der Waals surface area contributed by atoms with Crippen molar-refractivity contribution in [3.8, 4) is 0 Å². The van der Waals surface area contributed by atoms with Crippen molar-refractivity contribution in [3.05, 3.63) is 35.9 Å². The third-order valence-electron chi connectivity index (χ3n) is 6.00. The zero-order valence-electron chi connectivity index (χ0n) is 15.3. The summed E-state index contributed by atoms with van der Waals surface area (Å²) in [6, 6.07) is 10.4. The maximum absolute atomic E-state index is 12.2. The number of rotatable bonds is 7. The third-order valence-corrected chi connectivity index (χ3v) is 6.00. The molecular weight excluding hydrogens is 310 g/mol. The van der Waals surface area contributed by atoms with Crippen molar-refractivity contribution in [3.63, 3.8) is 0 Å². The molecule has 3 rings (SSSR count). The molecule has 1 aromatic carbocycles. The number of fused-ring (bicyclic) bond motifs is 1. The van der Waals surface area contributed by atoms with Crippen LogP contribution in [0.3, 0.4) is 0 Å². The maximum atomic E-state index is 12.2. The van der Waals surface area contributed by atoms with Crippen LogP contribution in [-0.2, 0) is 11.2 Å². The lowest BCUT2D eigenvalue weighted by molar-refractivity contribution is -0.122. The molecule has 0 aromatic heterocycles. The van der Waals surface area contributed by atoms with Gasteiger partial charge in [-0.25, -0.2) is 0 Å². The topological polar surface area (TPSA) is 67.1 Å². The molecule has 4 unspecified atom stereocenters. The van der Waals surface area contributed by atoms with Crippen LogP contribution in [-0.4, -0.2) is 31.6 Å². The lowest BCUT2D eigenvalue weighted by Crippen LogP contribution is -2.41. The Bertz CT molecular complexity index is 533. The summed E-state index contributed by atoms with van der Waals surface area (Å²) in [4.78, 5) is 12.2. The lowest BCUT2D eigenvalue weighted by atomic mass is 9.70. The molecule has 1 amide bonds. The molecule has 1 saturated heterocycles. The molecule has 2 aliphatic rings. The molecule has 4 N–H and O–H groups in total. The molecule has 138 valence electrons. The average molecular weight is 344 g/mol. The van der Waals surface area contributed by atoms with Gasteiger partial charge in [0.1, 0.15) is 0 Å². The fourth-order valence-electron chi connectivity index (χ4n) is 4.56. The second-order valence-corrected chi connectivity index (χ2v) is 7.98. The predicted molar refractivity (Wildman–Crippen MR) is 102 cm³/mol. The van der Waals surface area contributed by atoms with Crippen LogP contribution < -0.4 is 16.4 Å². The fraction of sp³-hybridized carbons (Fsp3) is 0.667. The van der Waals surface area contributed by atoms with Crippen molar-refractivity contribution in [2.75, 3.05) is 19.6 Å². The van der Waals surface area contributed by atoms with Crippen LogP contribution in [0.1, 0.15) is 44.1 Å². The molecular formula is C21H33N3O. The molecule has 0 bridgehead atoms. The van der Waals surface area contributed by atoms with Gasteiger partial charge in [0, 0.05) is 19.0 Å². The summed E-state index contributed by atoms with van der Waals surface area (Å²) >= 11 is 0. The Balaban J connectivity index is 1.31. The highest BCUT2D eigenvalue weighted by atomic mass is 16.1. The minimum Gasteiger partial charge on any atom is -0.356 e. The van der Waals surface area contributed by atoms with Gasteiger partial charge in [-0.05, 0) is 74.9 Å². The van der Waals surface area contributed by atoms with Gasteiger partial charge in [-0.1, -0.05) is 30.3 Å². The van der Waals surface area contributed by atoms with Gasteiger partial charge < -0.3 is 16.4 Å². The number of amides is 1. The average Bonchev–Trinajstić information content (AvgIpc) is 2.62. The number of carbonyl (C=O) groups excluding carboxylic acids is 1. The predicted octanol–water partition coefficient (Wildman–Crippen LogP) is 2.48. The zero-order chi connectivity index (χ0) is 17.5. The molecule has 1 heterocycles. The Morgan fingerprint density at radius 1 is 1.20 bits per heavy atom. The van der Waals surface area contributed by atoms with Crippen molar-refractivity contribution < 1.29 is 4.79 Å². The summed E-state index contributed by atoms with van der Waals surface area (Å²) in [5.41, 5.74) is 7.46. The minimum atomic E-state index is 0.105.